The fraction of sp³-hybridized carbons (Fsp3) is 0.562. The first-order valence-electron chi connectivity index (χ1n) is 8.01. The van der Waals surface area contributed by atoms with Gasteiger partial charge < -0.3 is 15.1 Å². The van der Waals surface area contributed by atoms with Gasteiger partial charge in [-0.15, -0.1) is 0 Å². The van der Waals surface area contributed by atoms with Crippen LogP contribution in [0, 0.1) is 0 Å². The van der Waals surface area contributed by atoms with Crippen molar-refractivity contribution in [3.8, 4) is 0 Å². The van der Waals surface area contributed by atoms with Crippen molar-refractivity contribution < 1.29 is 14.6 Å². The molecule has 4 nitrogen and oxygen atoms in total. The summed E-state index contributed by atoms with van der Waals surface area (Å²) in [6.07, 6.45) is 2.30. The zero-order valence-electron chi connectivity index (χ0n) is 12.6. The second-order valence-electron chi connectivity index (χ2n) is 6.40. The van der Waals surface area contributed by atoms with E-state index in [9.17, 15) is 4.79 Å². The minimum absolute atomic E-state index is 0.204. The molecule has 0 radical (unpaired) electrons. The fourth-order valence-corrected chi connectivity index (χ4v) is 3.53. The Bertz CT molecular complexity index is 520. The van der Waals surface area contributed by atoms with Crippen LogP contribution in [0.5, 0.6) is 0 Å². The fourth-order valence-electron chi connectivity index (χ4n) is 3.00. The highest BCUT2D eigenvalue weighted by atomic mass is 35.5. The van der Waals surface area contributed by atoms with Crippen LogP contribution in [0.1, 0.15) is 18.4 Å². The molecule has 1 aromatic carbocycles. The molecule has 1 saturated heterocycles. The zero-order chi connectivity index (χ0) is 15.5. The maximum absolute atomic E-state index is 11.8. The predicted octanol–water partition coefficient (Wildman–Crippen LogP) is -0.445. The summed E-state index contributed by atoms with van der Waals surface area (Å²) in [4.78, 5) is 14.7. The van der Waals surface area contributed by atoms with Crippen LogP contribution in [0.3, 0.4) is 0 Å². The molecule has 3 N–H and O–H groups in total. The molecule has 1 amide bonds. The molecule has 1 saturated carbocycles. The number of carbonyl (C=O) groups is 1. The summed E-state index contributed by atoms with van der Waals surface area (Å²) in [5.41, 5.74) is 1.04. The molecular formula is C16H23Cl2N3O+2. The molecule has 6 heteroatoms. The Morgan fingerprint density at radius 2 is 1.68 bits per heavy atom. The highest BCUT2D eigenvalue weighted by molar-refractivity contribution is 6.35. The van der Waals surface area contributed by atoms with E-state index in [1.54, 1.807) is 0 Å². The molecular weight excluding hydrogens is 321 g/mol. The first kappa shape index (κ1) is 16.1. The predicted molar refractivity (Wildman–Crippen MR) is 87.6 cm³/mol. The third kappa shape index (κ3) is 4.35. The summed E-state index contributed by atoms with van der Waals surface area (Å²) < 4.78 is 0. The summed E-state index contributed by atoms with van der Waals surface area (Å²) >= 11 is 12.5. The van der Waals surface area contributed by atoms with Gasteiger partial charge in [0.1, 0.15) is 32.7 Å². The van der Waals surface area contributed by atoms with E-state index in [0.29, 0.717) is 12.6 Å². The van der Waals surface area contributed by atoms with Gasteiger partial charge in [0.2, 0.25) is 0 Å². The normalized spacial score (nSPS) is 25.0. The summed E-state index contributed by atoms with van der Waals surface area (Å²) in [6, 6.07) is 6.13. The number of amides is 1. The van der Waals surface area contributed by atoms with Crippen LogP contribution in [0.25, 0.3) is 0 Å². The number of nitrogens with one attached hydrogen (secondary N) is 3. The summed E-state index contributed by atoms with van der Waals surface area (Å²) in [5, 5.41) is 4.56. The maximum atomic E-state index is 11.8. The SMILES string of the molecule is O=C(C[NH+]1CC[NH+](Cc2c(Cl)cccc2Cl)CC1)NC1CC1. The van der Waals surface area contributed by atoms with Crippen LogP contribution in [0.4, 0.5) is 0 Å². The molecule has 1 heterocycles. The number of hydrogen-bond acceptors (Lipinski definition) is 1. The molecule has 120 valence electrons. The van der Waals surface area contributed by atoms with Crippen LogP contribution in [0.2, 0.25) is 10.0 Å². The Balaban J connectivity index is 1.46. The number of hydrogen-bond donors (Lipinski definition) is 3. The average molecular weight is 344 g/mol. The van der Waals surface area contributed by atoms with E-state index < -0.39 is 0 Å². The average Bonchev–Trinajstić information content (AvgIpc) is 3.29. The largest absolute Gasteiger partial charge is 0.348 e. The molecule has 22 heavy (non-hydrogen) atoms. The lowest BCUT2D eigenvalue weighted by atomic mass is 10.2. The van der Waals surface area contributed by atoms with Gasteiger partial charge >= 0.3 is 0 Å². The van der Waals surface area contributed by atoms with Gasteiger partial charge in [0.05, 0.1) is 10.0 Å². The van der Waals surface area contributed by atoms with Gasteiger partial charge in [-0.2, -0.15) is 0 Å². The van der Waals surface area contributed by atoms with Gasteiger partial charge in [-0.05, 0) is 25.0 Å². The van der Waals surface area contributed by atoms with Gasteiger partial charge in [-0.3, -0.25) is 4.79 Å². The van der Waals surface area contributed by atoms with Crippen molar-refractivity contribution in [1.29, 1.82) is 0 Å². The minimum atomic E-state index is 0.204. The van der Waals surface area contributed by atoms with E-state index >= 15 is 0 Å². The van der Waals surface area contributed by atoms with Gasteiger partial charge in [0.25, 0.3) is 5.91 Å². The minimum Gasteiger partial charge on any atom is -0.348 e. The lowest BCUT2D eigenvalue weighted by Crippen LogP contribution is -3.28. The first-order chi connectivity index (χ1) is 10.6. The van der Waals surface area contributed by atoms with Gasteiger partial charge in [-0.25, -0.2) is 0 Å². The quantitative estimate of drug-likeness (QED) is 0.666. The van der Waals surface area contributed by atoms with E-state index in [1.807, 2.05) is 18.2 Å². The summed E-state index contributed by atoms with van der Waals surface area (Å²) in [7, 11) is 0. The lowest BCUT2D eigenvalue weighted by Gasteiger charge is -2.29. The van der Waals surface area contributed by atoms with Gasteiger partial charge in [0.15, 0.2) is 6.54 Å². The molecule has 1 aliphatic heterocycles. The molecule has 0 atom stereocenters. The van der Waals surface area contributed by atoms with Crippen LogP contribution < -0.4 is 15.1 Å². The molecule has 0 spiro atoms. The molecule has 1 aromatic rings. The molecule has 0 aromatic heterocycles. The molecule has 1 aliphatic carbocycles. The molecule has 0 bridgehead atoms. The maximum Gasteiger partial charge on any atom is 0.275 e. The summed E-state index contributed by atoms with van der Waals surface area (Å²) in [6.45, 7) is 5.61. The van der Waals surface area contributed by atoms with Crippen molar-refractivity contribution in [2.24, 2.45) is 0 Å². The third-order valence-corrected chi connectivity index (χ3v) is 5.21. The van der Waals surface area contributed by atoms with Crippen LogP contribution in [0.15, 0.2) is 18.2 Å². The lowest BCUT2D eigenvalue weighted by molar-refractivity contribution is -1.02. The zero-order valence-corrected chi connectivity index (χ0v) is 14.1. The Hall–Kier alpha value is -0.810. The number of benzene rings is 1. The Morgan fingerprint density at radius 3 is 2.27 bits per heavy atom. The van der Waals surface area contributed by atoms with E-state index in [4.69, 9.17) is 23.2 Å². The van der Waals surface area contributed by atoms with E-state index in [-0.39, 0.29) is 5.91 Å². The Kier molecular flexibility index (Phi) is 5.24. The second kappa shape index (κ2) is 7.18. The molecule has 2 aliphatic rings. The van der Waals surface area contributed by atoms with E-state index in [1.165, 1.54) is 9.80 Å². The van der Waals surface area contributed by atoms with Crippen molar-refractivity contribution >= 4 is 29.1 Å². The van der Waals surface area contributed by atoms with Crippen LogP contribution >= 0.6 is 23.2 Å². The summed E-state index contributed by atoms with van der Waals surface area (Å²) in [5.74, 6) is 0.204. The molecule has 3 rings (SSSR count). The van der Waals surface area contributed by atoms with E-state index in [0.717, 1.165) is 61.2 Å². The number of piperazine rings is 1. The van der Waals surface area contributed by atoms with Crippen molar-refractivity contribution in [3.63, 3.8) is 0 Å². The first-order valence-corrected chi connectivity index (χ1v) is 8.77. The molecule has 2 fully saturated rings. The van der Waals surface area contributed by atoms with Crippen molar-refractivity contribution in [1.82, 2.24) is 5.32 Å². The standard InChI is InChI=1S/C16H21Cl2N3O/c17-14-2-1-3-15(18)13(14)10-20-6-8-21(9-7-20)11-16(22)19-12-4-5-12/h1-3,12H,4-11H2,(H,19,22)/p+2. The van der Waals surface area contributed by atoms with Crippen molar-refractivity contribution in [3.05, 3.63) is 33.8 Å². The Labute approximate surface area is 141 Å². The highest BCUT2D eigenvalue weighted by Crippen LogP contribution is 2.23. The monoisotopic (exact) mass is 343 g/mol. The highest BCUT2D eigenvalue weighted by Gasteiger charge is 2.28. The van der Waals surface area contributed by atoms with Crippen molar-refractivity contribution in [2.75, 3.05) is 32.7 Å². The third-order valence-electron chi connectivity index (χ3n) is 4.51. The Morgan fingerprint density at radius 1 is 1.09 bits per heavy atom. The van der Waals surface area contributed by atoms with Crippen LogP contribution in [-0.2, 0) is 11.3 Å². The van der Waals surface area contributed by atoms with Gasteiger partial charge in [-0.1, -0.05) is 29.3 Å². The van der Waals surface area contributed by atoms with Gasteiger partial charge in [0, 0.05) is 11.6 Å². The van der Waals surface area contributed by atoms with E-state index in [2.05, 4.69) is 5.32 Å². The number of halogens is 2. The topological polar surface area (TPSA) is 38.0 Å². The van der Waals surface area contributed by atoms with Crippen LogP contribution in [-0.4, -0.2) is 44.7 Å². The number of carbonyl (C=O) groups excluding carboxylic acids is 1. The van der Waals surface area contributed by atoms with Crippen molar-refractivity contribution in [2.45, 2.75) is 25.4 Å². The molecule has 0 unspecified atom stereocenters. The number of rotatable bonds is 5. The smallest absolute Gasteiger partial charge is 0.275 e. The number of quaternary nitrogens is 2. The second-order valence-corrected chi connectivity index (χ2v) is 7.21.